The van der Waals surface area contributed by atoms with Crippen LogP contribution in [-0.2, 0) is 11.3 Å². The number of carbonyl (C=O) groups is 2. The Morgan fingerprint density at radius 2 is 1.61 bits per heavy atom. The maximum Gasteiger partial charge on any atom is 0.261 e. The summed E-state index contributed by atoms with van der Waals surface area (Å²) in [5, 5.41) is 5.73. The Morgan fingerprint density at radius 3 is 2.42 bits per heavy atom. The van der Waals surface area contributed by atoms with E-state index in [-0.39, 0.29) is 23.4 Å². The van der Waals surface area contributed by atoms with E-state index in [2.05, 4.69) is 15.6 Å². The molecule has 0 spiro atoms. The molecule has 0 saturated carbocycles. The average Bonchev–Trinajstić information content (AvgIpc) is 2.78. The molecule has 0 radical (unpaired) electrons. The van der Waals surface area contributed by atoms with Gasteiger partial charge in [0.25, 0.3) is 11.5 Å². The quantitative estimate of drug-likeness (QED) is 0.521. The van der Waals surface area contributed by atoms with Crippen molar-refractivity contribution in [3.8, 4) is 0 Å². The minimum absolute atomic E-state index is 0.226. The number of aromatic nitrogens is 2. The average molecular weight is 416 g/mol. The third-order valence-corrected chi connectivity index (χ3v) is 4.59. The van der Waals surface area contributed by atoms with Gasteiger partial charge >= 0.3 is 0 Å². The number of rotatable bonds is 5. The van der Waals surface area contributed by atoms with Gasteiger partial charge in [-0.15, -0.1) is 0 Å². The lowest BCUT2D eigenvalue weighted by Crippen LogP contribution is -2.28. The Hall–Kier alpha value is -4.33. The smallest absolute Gasteiger partial charge is 0.261 e. The molecular weight excluding hydrogens is 399 g/mol. The summed E-state index contributed by atoms with van der Waals surface area (Å²) in [6, 6.07) is 18.7. The van der Waals surface area contributed by atoms with Crippen LogP contribution >= 0.6 is 0 Å². The van der Waals surface area contributed by atoms with Crippen molar-refractivity contribution in [1.29, 1.82) is 0 Å². The van der Waals surface area contributed by atoms with Gasteiger partial charge in [0.1, 0.15) is 12.4 Å². The number of fused-ring (bicyclic) bond motifs is 1. The van der Waals surface area contributed by atoms with Gasteiger partial charge in [-0.1, -0.05) is 24.3 Å². The van der Waals surface area contributed by atoms with Crippen molar-refractivity contribution >= 4 is 34.1 Å². The second-order valence-electron chi connectivity index (χ2n) is 6.75. The molecule has 0 saturated heterocycles. The monoisotopic (exact) mass is 416 g/mol. The van der Waals surface area contributed by atoms with Gasteiger partial charge in [-0.25, -0.2) is 9.37 Å². The zero-order valence-corrected chi connectivity index (χ0v) is 16.2. The third kappa shape index (κ3) is 4.48. The molecule has 7 nitrogen and oxygen atoms in total. The zero-order valence-electron chi connectivity index (χ0n) is 16.2. The second kappa shape index (κ2) is 8.58. The van der Waals surface area contributed by atoms with Gasteiger partial charge in [-0.2, -0.15) is 0 Å². The van der Waals surface area contributed by atoms with Crippen LogP contribution in [0.15, 0.2) is 83.9 Å². The van der Waals surface area contributed by atoms with Crippen molar-refractivity contribution < 1.29 is 14.0 Å². The van der Waals surface area contributed by atoms with Gasteiger partial charge in [-0.3, -0.25) is 19.0 Å². The Kier molecular flexibility index (Phi) is 5.53. The minimum atomic E-state index is -0.485. The van der Waals surface area contributed by atoms with E-state index in [1.807, 2.05) is 0 Å². The predicted octanol–water partition coefficient (Wildman–Crippen LogP) is 3.43. The number of benzene rings is 3. The topological polar surface area (TPSA) is 93.1 Å². The van der Waals surface area contributed by atoms with E-state index < -0.39 is 17.6 Å². The summed E-state index contributed by atoms with van der Waals surface area (Å²) in [4.78, 5) is 42.0. The van der Waals surface area contributed by atoms with Crippen molar-refractivity contribution in [3.63, 3.8) is 0 Å². The highest BCUT2D eigenvalue weighted by Gasteiger charge is 2.14. The molecule has 4 rings (SSSR count). The van der Waals surface area contributed by atoms with Gasteiger partial charge in [-0.05, 0) is 48.5 Å². The lowest BCUT2D eigenvalue weighted by Gasteiger charge is -2.12. The van der Waals surface area contributed by atoms with Crippen molar-refractivity contribution in [3.05, 3.63) is 101 Å². The first-order valence-electron chi connectivity index (χ1n) is 9.41. The van der Waals surface area contributed by atoms with Crippen LogP contribution in [0.5, 0.6) is 0 Å². The number of carbonyl (C=O) groups excluding carboxylic acids is 2. The predicted molar refractivity (Wildman–Crippen MR) is 115 cm³/mol. The first-order chi connectivity index (χ1) is 15.0. The molecule has 0 fully saturated rings. The number of hydrogen-bond acceptors (Lipinski definition) is 4. The summed E-state index contributed by atoms with van der Waals surface area (Å²) < 4.78 is 14.3. The maximum absolute atomic E-state index is 13.1. The van der Waals surface area contributed by atoms with Crippen molar-refractivity contribution in [2.45, 2.75) is 6.54 Å². The van der Waals surface area contributed by atoms with Gasteiger partial charge in [0, 0.05) is 5.69 Å². The van der Waals surface area contributed by atoms with Crippen LogP contribution in [0.1, 0.15) is 10.4 Å². The Balaban J connectivity index is 1.51. The minimum Gasteiger partial charge on any atom is -0.324 e. The Labute approximate surface area is 176 Å². The highest BCUT2D eigenvalue weighted by atomic mass is 19.1. The molecule has 31 heavy (non-hydrogen) atoms. The first-order valence-corrected chi connectivity index (χ1v) is 9.41. The molecule has 4 aromatic rings. The van der Waals surface area contributed by atoms with Gasteiger partial charge in [0.2, 0.25) is 5.91 Å². The molecule has 0 aliphatic rings. The summed E-state index contributed by atoms with van der Waals surface area (Å²) in [5.41, 5.74) is 1.15. The molecule has 0 aliphatic heterocycles. The van der Waals surface area contributed by atoms with Crippen molar-refractivity contribution in [2.24, 2.45) is 0 Å². The van der Waals surface area contributed by atoms with E-state index in [1.54, 1.807) is 48.5 Å². The summed E-state index contributed by atoms with van der Waals surface area (Å²) in [6.45, 7) is -0.259. The molecule has 0 aliphatic carbocycles. The fourth-order valence-electron chi connectivity index (χ4n) is 3.08. The molecule has 0 unspecified atom stereocenters. The molecule has 0 bridgehead atoms. The molecule has 3 aromatic carbocycles. The highest BCUT2D eigenvalue weighted by Crippen LogP contribution is 2.18. The Bertz CT molecular complexity index is 1330. The maximum atomic E-state index is 13.1. The summed E-state index contributed by atoms with van der Waals surface area (Å²) in [5.74, 6) is -1.36. The molecule has 154 valence electrons. The van der Waals surface area contributed by atoms with Crippen LogP contribution in [0.4, 0.5) is 15.8 Å². The van der Waals surface area contributed by atoms with Gasteiger partial charge < -0.3 is 10.6 Å². The normalized spacial score (nSPS) is 10.6. The standard InChI is InChI=1S/C23H17FN4O3/c24-15-9-11-16(12-10-15)26-22(30)17-5-1-4-8-20(17)27-21(29)13-28-14-25-19-7-3-2-6-18(19)23(28)31/h1-12,14H,13H2,(H,26,30)(H,27,29). The van der Waals surface area contributed by atoms with Crippen LogP contribution in [0, 0.1) is 5.82 Å². The van der Waals surface area contributed by atoms with E-state index >= 15 is 0 Å². The van der Waals surface area contributed by atoms with Crippen LogP contribution < -0.4 is 16.2 Å². The molecule has 2 N–H and O–H groups in total. The fourth-order valence-corrected chi connectivity index (χ4v) is 3.08. The van der Waals surface area contributed by atoms with E-state index in [1.165, 1.54) is 35.2 Å². The van der Waals surface area contributed by atoms with E-state index in [0.29, 0.717) is 16.6 Å². The first kappa shape index (κ1) is 20.0. The fraction of sp³-hybridized carbons (Fsp3) is 0.0435. The summed E-state index contributed by atoms with van der Waals surface area (Å²) in [7, 11) is 0. The zero-order chi connectivity index (χ0) is 21.8. The SMILES string of the molecule is O=C(Cn1cnc2ccccc2c1=O)Nc1ccccc1C(=O)Nc1ccc(F)cc1. The van der Waals surface area contributed by atoms with Gasteiger partial charge in [0.05, 0.1) is 28.5 Å². The van der Waals surface area contributed by atoms with Crippen LogP contribution in [0.2, 0.25) is 0 Å². The summed E-state index contributed by atoms with van der Waals surface area (Å²) in [6.07, 6.45) is 1.32. The lowest BCUT2D eigenvalue weighted by molar-refractivity contribution is -0.116. The second-order valence-corrected chi connectivity index (χ2v) is 6.75. The number of nitrogens with zero attached hydrogens (tertiary/aromatic N) is 2. The highest BCUT2D eigenvalue weighted by molar-refractivity contribution is 6.10. The molecule has 2 amide bonds. The number of nitrogens with one attached hydrogen (secondary N) is 2. The molecule has 1 heterocycles. The third-order valence-electron chi connectivity index (χ3n) is 4.59. The van der Waals surface area contributed by atoms with E-state index in [9.17, 15) is 18.8 Å². The molecule has 1 aromatic heterocycles. The number of para-hydroxylation sites is 2. The molecule has 0 atom stereocenters. The van der Waals surface area contributed by atoms with Crippen molar-refractivity contribution in [1.82, 2.24) is 9.55 Å². The van der Waals surface area contributed by atoms with Crippen LogP contribution in [0.3, 0.4) is 0 Å². The largest absolute Gasteiger partial charge is 0.324 e. The number of halogens is 1. The number of amides is 2. The number of anilines is 2. The van der Waals surface area contributed by atoms with Crippen molar-refractivity contribution in [2.75, 3.05) is 10.6 Å². The van der Waals surface area contributed by atoms with Crippen LogP contribution in [-0.4, -0.2) is 21.4 Å². The van der Waals surface area contributed by atoms with E-state index in [0.717, 1.165) is 0 Å². The molecular formula is C23H17FN4O3. The molecule has 8 heteroatoms. The van der Waals surface area contributed by atoms with Crippen LogP contribution in [0.25, 0.3) is 10.9 Å². The summed E-state index contributed by atoms with van der Waals surface area (Å²) >= 11 is 0. The Morgan fingerprint density at radius 1 is 0.903 bits per heavy atom. The number of hydrogen-bond donors (Lipinski definition) is 2. The lowest BCUT2D eigenvalue weighted by atomic mass is 10.1. The van der Waals surface area contributed by atoms with E-state index in [4.69, 9.17) is 0 Å². The van der Waals surface area contributed by atoms with Gasteiger partial charge in [0.15, 0.2) is 0 Å².